The van der Waals surface area contributed by atoms with Crippen LogP contribution in [0.3, 0.4) is 0 Å². The summed E-state index contributed by atoms with van der Waals surface area (Å²) in [4.78, 5) is 28.1. The van der Waals surface area contributed by atoms with Crippen LogP contribution < -0.4 is 10.2 Å². The highest BCUT2D eigenvalue weighted by molar-refractivity contribution is 6.39. The zero-order chi connectivity index (χ0) is 19.4. The number of rotatable bonds is 5. The molecule has 0 aliphatic carbocycles. The minimum atomic E-state index is -0.300. The number of amides is 2. The summed E-state index contributed by atoms with van der Waals surface area (Å²) in [6.07, 6.45) is 3.23. The van der Waals surface area contributed by atoms with Crippen LogP contribution in [0.25, 0.3) is 0 Å². The first-order valence-corrected chi connectivity index (χ1v) is 9.86. The fraction of sp³-hybridized carbons (Fsp3) is 0.579. The van der Waals surface area contributed by atoms with Crippen molar-refractivity contribution in [3.63, 3.8) is 0 Å². The summed E-state index contributed by atoms with van der Waals surface area (Å²) in [5, 5.41) is 3.54. The van der Waals surface area contributed by atoms with Gasteiger partial charge in [-0.15, -0.1) is 0 Å². The topological polar surface area (TPSA) is 53.9 Å². The normalized spacial score (nSPS) is 22.6. The molecule has 1 unspecified atom stereocenters. The van der Waals surface area contributed by atoms with Crippen LogP contribution in [-0.4, -0.2) is 48.4 Å². The molecule has 1 aromatic carbocycles. The summed E-state index contributed by atoms with van der Waals surface area (Å²) in [5.41, 5.74) is 0.408. The number of para-hydroxylation sites is 1. The van der Waals surface area contributed by atoms with Crippen LogP contribution in [0, 0.1) is 0 Å². The lowest BCUT2D eigenvalue weighted by atomic mass is 9.96. The molecule has 144 valence electrons. The number of benzene rings is 1. The summed E-state index contributed by atoms with van der Waals surface area (Å²) in [6, 6.07) is 5.26. The summed E-state index contributed by atoms with van der Waals surface area (Å²) in [5.74, 6) is -0.123. The standard InChI is InChI=1S/C19H27Cl2N3O2/c1-12-7-5-8-13(2)24(12)19(26)14(3)23(4)11-17(25)22-18-15(20)9-6-10-16(18)21/h6,9-10,12-14H,5,7-8,11H2,1-4H3,(H,22,25)/p+1/t12-,13+,14-/m1/s1. The Bertz CT molecular complexity index is 638. The van der Waals surface area contributed by atoms with E-state index in [9.17, 15) is 9.59 Å². The van der Waals surface area contributed by atoms with Gasteiger partial charge in [0, 0.05) is 12.1 Å². The first-order valence-electron chi connectivity index (χ1n) is 9.10. The number of hydrogen-bond donors (Lipinski definition) is 2. The largest absolute Gasteiger partial charge is 0.332 e. The molecule has 1 aliphatic rings. The van der Waals surface area contributed by atoms with Gasteiger partial charge in [-0.05, 0) is 52.2 Å². The van der Waals surface area contributed by atoms with Crippen LogP contribution in [0.4, 0.5) is 5.69 Å². The third-order valence-electron chi connectivity index (χ3n) is 5.22. The predicted molar refractivity (Wildman–Crippen MR) is 106 cm³/mol. The van der Waals surface area contributed by atoms with Crippen LogP contribution in [0.1, 0.15) is 40.0 Å². The molecule has 1 fully saturated rings. The van der Waals surface area contributed by atoms with E-state index in [4.69, 9.17) is 23.2 Å². The zero-order valence-corrected chi connectivity index (χ0v) is 17.3. The number of carbonyl (C=O) groups excluding carboxylic acids is 2. The number of carbonyl (C=O) groups is 2. The second-order valence-corrected chi connectivity index (χ2v) is 8.08. The van der Waals surface area contributed by atoms with E-state index in [2.05, 4.69) is 19.2 Å². The number of quaternary nitrogens is 1. The van der Waals surface area contributed by atoms with E-state index < -0.39 is 0 Å². The number of likely N-dealkylation sites (N-methyl/N-ethyl adjacent to an activating group) is 1. The molecule has 0 radical (unpaired) electrons. The van der Waals surface area contributed by atoms with Crippen molar-refractivity contribution in [2.24, 2.45) is 0 Å². The van der Waals surface area contributed by atoms with Crippen molar-refractivity contribution >= 4 is 40.7 Å². The maximum absolute atomic E-state index is 12.9. The number of likely N-dealkylation sites (tertiary alicyclic amines) is 1. The van der Waals surface area contributed by atoms with Gasteiger partial charge in [-0.25, -0.2) is 0 Å². The summed E-state index contributed by atoms with van der Waals surface area (Å²) in [7, 11) is 1.86. The highest BCUT2D eigenvalue weighted by atomic mass is 35.5. The Balaban J connectivity index is 1.98. The van der Waals surface area contributed by atoms with E-state index in [1.807, 2.05) is 18.9 Å². The van der Waals surface area contributed by atoms with Crippen molar-refractivity contribution in [2.45, 2.75) is 58.2 Å². The van der Waals surface area contributed by atoms with Crippen LogP contribution in [0.15, 0.2) is 18.2 Å². The van der Waals surface area contributed by atoms with Crippen LogP contribution in [-0.2, 0) is 9.59 Å². The van der Waals surface area contributed by atoms with Crippen LogP contribution in [0.2, 0.25) is 10.0 Å². The first kappa shape index (κ1) is 21.0. The van der Waals surface area contributed by atoms with Gasteiger partial charge in [0.1, 0.15) is 0 Å². The van der Waals surface area contributed by atoms with E-state index in [0.29, 0.717) is 15.7 Å². The van der Waals surface area contributed by atoms with Crippen molar-refractivity contribution < 1.29 is 14.5 Å². The molecule has 7 heteroatoms. The van der Waals surface area contributed by atoms with Gasteiger partial charge in [0.15, 0.2) is 12.6 Å². The summed E-state index contributed by atoms with van der Waals surface area (Å²) >= 11 is 12.2. The lowest BCUT2D eigenvalue weighted by molar-refractivity contribution is -0.886. The molecule has 2 N–H and O–H groups in total. The Morgan fingerprint density at radius 1 is 1.23 bits per heavy atom. The molecule has 2 amide bonds. The van der Waals surface area contributed by atoms with Gasteiger partial charge in [-0.3, -0.25) is 9.59 Å². The number of nitrogens with one attached hydrogen (secondary N) is 2. The molecule has 0 spiro atoms. The highest BCUT2D eigenvalue weighted by Gasteiger charge is 2.35. The van der Waals surface area contributed by atoms with Gasteiger partial charge in [0.2, 0.25) is 0 Å². The Kier molecular flexibility index (Phi) is 7.33. The molecular weight excluding hydrogens is 373 g/mol. The van der Waals surface area contributed by atoms with Crippen molar-refractivity contribution in [1.29, 1.82) is 0 Å². The molecule has 4 atom stereocenters. The molecule has 0 aromatic heterocycles. The van der Waals surface area contributed by atoms with E-state index in [-0.39, 0.29) is 36.5 Å². The average molecular weight is 401 g/mol. The minimum absolute atomic E-state index is 0.103. The van der Waals surface area contributed by atoms with Crippen molar-refractivity contribution in [3.8, 4) is 0 Å². The third-order valence-corrected chi connectivity index (χ3v) is 5.85. The number of piperidine rings is 1. The fourth-order valence-corrected chi connectivity index (χ4v) is 3.99. The molecule has 5 nitrogen and oxygen atoms in total. The minimum Gasteiger partial charge on any atom is -0.332 e. The summed E-state index contributed by atoms with van der Waals surface area (Å²) in [6.45, 7) is 6.23. The first-order chi connectivity index (χ1) is 12.2. The number of anilines is 1. The lowest BCUT2D eigenvalue weighted by Gasteiger charge is -2.40. The van der Waals surface area contributed by atoms with E-state index in [1.54, 1.807) is 18.2 Å². The molecule has 1 heterocycles. The van der Waals surface area contributed by atoms with Gasteiger partial charge in [-0.1, -0.05) is 29.3 Å². The molecule has 0 saturated carbocycles. The maximum atomic E-state index is 12.9. The summed E-state index contributed by atoms with van der Waals surface area (Å²) < 4.78 is 0. The Morgan fingerprint density at radius 2 is 1.77 bits per heavy atom. The van der Waals surface area contributed by atoms with Crippen molar-refractivity contribution in [3.05, 3.63) is 28.2 Å². The Labute approximate surface area is 165 Å². The average Bonchev–Trinajstić information content (AvgIpc) is 2.57. The monoisotopic (exact) mass is 400 g/mol. The number of nitrogens with zero attached hydrogens (tertiary/aromatic N) is 1. The second kappa shape index (κ2) is 9.07. The molecular formula is C19H28Cl2N3O2+. The lowest BCUT2D eigenvalue weighted by Crippen LogP contribution is -3.15. The van der Waals surface area contributed by atoms with Crippen molar-refractivity contribution in [1.82, 2.24) is 4.90 Å². The van der Waals surface area contributed by atoms with Gasteiger partial charge >= 0.3 is 0 Å². The highest BCUT2D eigenvalue weighted by Crippen LogP contribution is 2.29. The number of halogens is 2. The maximum Gasteiger partial charge on any atom is 0.281 e. The zero-order valence-electron chi connectivity index (χ0n) is 15.8. The SMILES string of the molecule is C[C@@H]1CCC[C@H](C)N1C(=O)[C@@H](C)[NH+](C)CC(=O)Nc1c(Cl)cccc1Cl. The second-order valence-electron chi connectivity index (χ2n) is 7.26. The molecule has 1 aromatic rings. The molecule has 0 bridgehead atoms. The Morgan fingerprint density at radius 3 is 2.31 bits per heavy atom. The molecule has 26 heavy (non-hydrogen) atoms. The molecule has 1 aliphatic heterocycles. The molecule has 1 saturated heterocycles. The van der Waals surface area contributed by atoms with E-state index in [1.165, 1.54) is 0 Å². The van der Waals surface area contributed by atoms with Crippen LogP contribution >= 0.6 is 23.2 Å². The van der Waals surface area contributed by atoms with E-state index >= 15 is 0 Å². The van der Waals surface area contributed by atoms with Gasteiger partial charge < -0.3 is 15.1 Å². The predicted octanol–water partition coefficient (Wildman–Crippen LogP) is 2.62. The smallest absolute Gasteiger partial charge is 0.281 e. The van der Waals surface area contributed by atoms with Gasteiger partial charge in [0.25, 0.3) is 11.8 Å². The van der Waals surface area contributed by atoms with Crippen molar-refractivity contribution in [2.75, 3.05) is 18.9 Å². The third kappa shape index (κ3) is 4.90. The molecule has 2 rings (SSSR count). The fourth-order valence-electron chi connectivity index (χ4n) is 3.50. The Hall–Kier alpha value is -1.30. The number of hydrogen-bond acceptors (Lipinski definition) is 2. The van der Waals surface area contributed by atoms with Crippen LogP contribution in [0.5, 0.6) is 0 Å². The van der Waals surface area contributed by atoms with Gasteiger partial charge in [-0.2, -0.15) is 0 Å². The van der Waals surface area contributed by atoms with Gasteiger partial charge in [0.05, 0.1) is 22.8 Å². The quantitative estimate of drug-likeness (QED) is 0.797. The van der Waals surface area contributed by atoms with E-state index in [0.717, 1.165) is 24.2 Å².